The number of benzene rings is 1. The molecule has 1 amide bonds. The molecule has 1 unspecified atom stereocenters. The summed E-state index contributed by atoms with van der Waals surface area (Å²) in [5.74, 6) is 0.637. The summed E-state index contributed by atoms with van der Waals surface area (Å²) in [6.45, 7) is 2.72. The van der Waals surface area contributed by atoms with Crippen molar-refractivity contribution in [1.82, 2.24) is 5.32 Å². The number of carbonyl (C=O) groups excluding carboxylic acids is 2. The van der Waals surface area contributed by atoms with E-state index in [1.54, 1.807) is 32.2 Å². The van der Waals surface area contributed by atoms with Crippen LogP contribution in [0.1, 0.15) is 23.7 Å². The summed E-state index contributed by atoms with van der Waals surface area (Å²) < 4.78 is 15.5. The highest BCUT2D eigenvalue weighted by atomic mass is 16.5. The van der Waals surface area contributed by atoms with Crippen LogP contribution in [0.15, 0.2) is 18.2 Å². The van der Waals surface area contributed by atoms with Crippen molar-refractivity contribution in [3.05, 3.63) is 23.8 Å². The summed E-state index contributed by atoms with van der Waals surface area (Å²) in [6, 6.07) is 4.83. The van der Waals surface area contributed by atoms with Crippen molar-refractivity contribution in [3.63, 3.8) is 0 Å². The fraction of sp³-hybridized carbons (Fsp3) is 0.467. The van der Waals surface area contributed by atoms with Gasteiger partial charge in [-0.2, -0.15) is 0 Å². The average Bonchev–Trinajstić information content (AvgIpc) is 2.51. The molecule has 0 fully saturated rings. The van der Waals surface area contributed by atoms with E-state index in [1.807, 2.05) is 0 Å². The fourth-order valence-electron chi connectivity index (χ4n) is 1.66. The SMILES string of the molecule is COCCCNC(=O)C(C)Oc1cc(OC)ccc1C=O. The van der Waals surface area contributed by atoms with Crippen molar-refractivity contribution < 1.29 is 23.8 Å². The number of amides is 1. The molecule has 1 atom stereocenters. The van der Waals surface area contributed by atoms with Gasteiger partial charge in [-0.15, -0.1) is 0 Å². The maximum Gasteiger partial charge on any atom is 0.260 e. The number of aldehydes is 1. The first-order chi connectivity index (χ1) is 10.1. The fourth-order valence-corrected chi connectivity index (χ4v) is 1.66. The van der Waals surface area contributed by atoms with Crippen LogP contribution in [0, 0.1) is 0 Å². The number of ether oxygens (including phenoxy) is 3. The highest BCUT2D eigenvalue weighted by Gasteiger charge is 2.16. The highest BCUT2D eigenvalue weighted by molar-refractivity contribution is 5.82. The van der Waals surface area contributed by atoms with E-state index in [0.29, 0.717) is 36.5 Å². The molecule has 1 rings (SSSR count). The van der Waals surface area contributed by atoms with Crippen molar-refractivity contribution >= 4 is 12.2 Å². The van der Waals surface area contributed by atoms with Gasteiger partial charge >= 0.3 is 0 Å². The molecule has 1 N–H and O–H groups in total. The van der Waals surface area contributed by atoms with Gasteiger partial charge in [-0.05, 0) is 25.5 Å². The minimum Gasteiger partial charge on any atom is -0.497 e. The van der Waals surface area contributed by atoms with E-state index in [4.69, 9.17) is 14.2 Å². The van der Waals surface area contributed by atoms with Crippen LogP contribution < -0.4 is 14.8 Å². The van der Waals surface area contributed by atoms with Gasteiger partial charge in [0.1, 0.15) is 11.5 Å². The van der Waals surface area contributed by atoms with E-state index < -0.39 is 6.10 Å². The molecule has 1 aromatic carbocycles. The van der Waals surface area contributed by atoms with Gasteiger partial charge in [-0.3, -0.25) is 9.59 Å². The molecule has 0 radical (unpaired) electrons. The van der Waals surface area contributed by atoms with Crippen molar-refractivity contribution in [2.45, 2.75) is 19.4 Å². The molecule has 6 heteroatoms. The van der Waals surface area contributed by atoms with Crippen LogP contribution in [0.4, 0.5) is 0 Å². The normalized spacial score (nSPS) is 11.6. The number of hydrogen-bond donors (Lipinski definition) is 1. The molecule has 0 aliphatic carbocycles. The maximum absolute atomic E-state index is 11.9. The molecule has 0 heterocycles. The topological polar surface area (TPSA) is 73.9 Å². The summed E-state index contributed by atoms with van der Waals surface area (Å²) in [4.78, 5) is 22.9. The lowest BCUT2D eigenvalue weighted by molar-refractivity contribution is -0.127. The molecule has 0 aliphatic rings. The Morgan fingerprint density at radius 2 is 2.14 bits per heavy atom. The standard InChI is InChI=1S/C15H21NO5/c1-11(15(18)16-7-4-8-19-2)21-14-9-13(20-3)6-5-12(14)10-17/h5-6,9-11H,4,7-8H2,1-3H3,(H,16,18). The number of carbonyl (C=O) groups is 2. The van der Waals surface area contributed by atoms with Gasteiger partial charge < -0.3 is 19.5 Å². The summed E-state index contributed by atoms with van der Waals surface area (Å²) in [5.41, 5.74) is 0.370. The average molecular weight is 295 g/mol. The van der Waals surface area contributed by atoms with Gasteiger partial charge in [-0.1, -0.05) is 0 Å². The second-order valence-electron chi connectivity index (χ2n) is 4.42. The molecule has 0 aliphatic heterocycles. The zero-order chi connectivity index (χ0) is 15.7. The van der Waals surface area contributed by atoms with Crippen LogP contribution in [-0.4, -0.2) is 45.7 Å². The number of nitrogens with one attached hydrogen (secondary N) is 1. The Kier molecular flexibility index (Phi) is 7.25. The predicted molar refractivity (Wildman–Crippen MR) is 78.0 cm³/mol. The number of rotatable bonds is 9. The van der Waals surface area contributed by atoms with E-state index in [1.165, 1.54) is 7.11 Å². The molecule has 0 aromatic heterocycles. The van der Waals surface area contributed by atoms with E-state index >= 15 is 0 Å². The Balaban J connectivity index is 2.62. The van der Waals surface area contributed by atoms with Gasteiger partial charge in [-0.25, -0.2) is 0 Å². The van der Waals surface area contributed by atoms with Crippen molar-refractivity contribution in [1.29, 1.82) is 0 Å². The quantitative estimate of drug-likeness (QED) is 0.551. The van der Waals surface area contributed by atoms with Crippen molar-refractivity contribution in [3.8, 4) is 11.5 Å². The van der Waals surface area contributed by atoms with Crippen LogP contribution in [0.2, 0.25) is 0 Å². The van der Waals surface area contributed by atoms with E-state index in [0.717, 1.165) is 6.42 Å². The number of methoxy groups -OCH3 is 2. The third-order valence-electron chi connectivity index (χ3n) is 2.85. The third kappa shape index (κ3) is 5.43. The maximum atomic E-state index is 11.9. The highest BCUT2D eigenvalue weighted by Crippen LogP contribution is 2.24. The second kappa shape index (κ2) is 8.97. The van der Waals surface area contributed by atoms with Gasteiger partial charge in [0.05, 0.1) is 12.7 Å². The third-order valence-corrected chi connectivity index (χ3v) is 2.85. The smallest absolute Gasteiger partial charge is 0.260 e. The lowest BCUT2D eigenvalue weighted by Gasteiger charge is -2.16. The first kappa shape index (κ1) is 17.0. The molecule has 1 aromatic rings. The Morgan fingerprint density at radius 1 is 1.38 bits per heavy atom. The lowest BCUT2D eigenvalue weighted by Crippen LogP contribution is -2.37. The van der Waals surface area contributed by atoms with E-state index in [9.17, 15) is 9.59 Å². The van der Waals surface area contributed by atoms with E-state index in [2.05, 4.69) is 5.32 Å². The monoisotopic (exact) mass is 295 g/mol. The zero-order valence-electron chi connectivity index (χ0n) is 12.5. The Labute approximate surface area is 124 Å². The molecule has 0 saturated carbocycles. The molecule has 0 spiro atoms. The first-order valence-corrected chi connectivity index (χ1v) is 6.69. The van der Waals surface area contributed by atoms with Crippen LogP contribution >= 0.6 is 0 Å². The van der Waals surface area contributed by atoms with Crippen LogP contribution in [-0.2, 0) is 9.53 Å². The summed E-state index contributed by atoms with van der Waals surface area (Å²) in [6.07, 6.45) is 0.699. The molecule has 0 saturated heterocycles. The zero-order valence-corrected chi connectivity index (χ0v) is 12.5. The minimum atomic E-state index is -0.710. The molecule has 6 nitrogen and oxygen atoms in total. The molecule has 0 bridgehead atoms. The lowest BCUT2D eigenvalue weighted by atomic mass is 10.2. The Hall–Kier alpha value is -2.08. The van der Waals surface area contributed by atoms with E-state index in [-0.39, 0.29) is 5.91 Å². The van der Waals surface area contributed by atoms with Gasteiger partial charge in [0.2, 0.25) is 0 Å². The predicted octanol–water partition coefficient (Wildman–Crippen LogP) is 1.43. The summed E-state index contributed by atoms with van der Waals surface area (Å²) in [7, 11) is 3.13. The first-order valence-electron chi connectivity index (χ1n) is 6.69. The summed E-state index contributed by atoms with van der Waals surface area (Å²) >= 11 is 0. The van der Waals surface area contributed by atoms with Crippen LogP contribution in [0.5, 0.6) is 11.5 Å². The molecular formula is C15H21NO5. The molecular weight excluding hydrogens is 274 g/mol. The molecule has 21 heavy (non-hydrogen) atoms. The largest absolute Gasteiger partial charge is 0.497 e. The van der Waals surface area contributed by atoms with Gasteiger partial charge in [0, 0.05) is 26.3 Å². The van der Waals surface area contributed by atoms with Crippen LogP contribution in [0.3, 0.4) is 0 Å². The van der Waals surface area contributed by atoms with Crippen molar-refractivity contribution in [2.24, 2.45) is 0 Å². The van der Waals surface area contributed by atoms with Gasteiger partial charge in [0.15, 0.2) is 12.4 Å². The minimum absolute atomic E-state index is 0.245. The molecule has 116 valence electrons. The Bertz CT molecular complexity index is 475. The summed E-state index contributed by atoms with van der Waals surface area (Å²) in [5, 5.41) is 2.74. The van der Waals surface area contributed by atoms with Crippen molar-refractivity contribution in [2.75, 3.05) is 27.4 Å². The Morgan fingerprint density at radius 3 is 2.76 bits per heavy atom. The van der Waals surface area contributed by atoms with Gasteiger partial charge in [0.25, 0.3) is 5.91 Å². The second-order valence-corrected chi connectivity index (χ2v) is 4.42. The number of hydrogen-bond acceptors (Lipinski definition) is 5. The van der Waals surface area contributed by atoms with Crippen LogP contribution in [0.25, 0.3) is 0 Å².